The molecule has 5 rings (SSSR count). The van der Waals surface area contributed by atoms with Crippen LogP contribution >= 0.6 is 0 Å². The van der Waals surface area contributed by atoms with Crippen LogP contribution in [0.15, 0.2) is 77.4 Å². The average molecular weight is 459 g/mol. The molecule has 1 aliphatic carbocycles. The van der Waals surface area contributed by atoms with Crippen molar-refractivity contribution >= 4 is 29.0 Å². The monoisotopic (exact) mass is 458 g/mol. The van der Waals surface area contributed by atoms with Gasteiger partial charge >= 0.3 is 0 Å². The van der Waals surface area contributed by atoms with Crippen LogP contribution in [0.3, 0.4) is 0 Å². The highest BCUT2D eigenvalue weighted by molar-refractivity contribution is 6.43. The van der Waals surface area contributed by atoms with Crippen molar-refractivity contribution in [1.29, 1.82) is 0 Å². The van der Waals surface area contributed by atoms with E-state index >= 15 is 0 Å². The van der Waals surface area contributed by atoms with Gasteiger partial charge in [-0.3, -0.25) is 9.59 Å². The molecule has 1 unspecified atom stereocenters. The highest BCUT2D eigenvalue weighted by Gasteiger charge is 2.47. The molecule has 174 valence electrons. The summed E-state index contributed by atoms with van der Waals surface area (Å²) in [6.45, 7) is 1.28. The van der Waals surface area contributed by atoms with Crippen LogP contribution < -0.4 is 21.3 Å². The molecule has 1 fully saturated rings. The Balaban J connectivity index is 1.18. The van der Waals surface area contributed by atoms with E-state index in [1.165, 1.54) is 0 Å². The number of hydrogen-bond acceptors (Lipinski definition) is 7. The predicted octanol–water partition coefficient (Wildman–Crippen LogP) is 2.70. The molecular formula is C25H26N6O3. The Hall–Kier alpha value is -4.14. The standard InChI is InChI=1S/C25H26N6O3/c26-19-8-4-5-9-20(19)29-23(32)17-10-11-22(27-15-17)31-13-12-25(16-31)14-21(30-34-25)24(33)28-18-6-2-1-3-7-18/h1-4,6-8,10-11,15H,5,9,12-14,16,26H2,(H,28,33)(H,29,32). The molecule has 2 amide bonds. The third-order valence-corrected chi connectivity index (χ3v) is 6.25. The minimum atomic E-state index is -0.542. The number of nitrogens with two attached hydrogens (primary N) is 1. The minimum absolute atomic E-state index is 0.230. The number of benzene rings is 1. The number of para-hydroxylation sites is 1. The fraction of sp³-hybridized carbons (Fsp3) is 0.280. The maximum Gasteiger partial charge on any atom is 0.273 e. The van der Waals surface area contributed by atoms with Gasteiger partial charge in [-0.15, -0.1) is 0 Å². The Morgan fingerprint density at radius 2 is 1.94 bits per heavy atom. The van der Waals surface area contributed by atoms with E-state index in [0.29, 0.717) is 36.4 Å². The van der Waals surface area contributed by atoms with E-state index in [4.69, 9.17) is 10.6 Å². The summed E-state index contributed by atoms with van der Waals surface area (Å²) in [7, 11) is 0. The van der Waals surface area contributed by atoms with Crippen LogP contribution in [0.1, 0.15) is 36.0 Å². The normalized spacial score (nSPS) is 21.4. The van der Waals surface area contributed by atoms with Crippen molar-refractivity contribution < 1.29 is 14.4 Å². The first-order valence-electron chi connectivity index (χ1n) is 11.3. The Kier molecular flexibility index (Phi) is 5.75. The van der Waals surface area contributed by atoms with E-state index in [-0.39, 0.29) is 11.8 Å². The first-order valence-corrected chi connectivity index (χ1v) is 11.3. The lowest BCUT2D eigenvalue weighted by Gasteiger charge is -2.22. The van der Waals surface area contributed by atoms with Crippen molar-refractivity contribution in [3.05, 3.63) is 77.8 Å². The van der Waals surface area contributed by atoms with Crippen LogP contribution in [0.25, 0.3) is 0 Å². The van der Waals surface area contributed by atoms with E-state index in [9.17, 15) is 9.59 Å². The van der Waals surface area contributed by atoms with E-state index in [0.717, 1.165) is 36.6 Å². The molecule has 9 nitrogen and oxygen atoms in total. The Morgan fingerprint density at radius 3 is 2.71 bits per heavy atom. The van der Waals surface area contributed by atoms with Gasteiger partial charge in [-0.05, 0) is 43.2 Å². The quantitative estimate of drug-likeness (QED) is 0.633. The highest BCUT2D eigenvalue weighted by atomic mass is 16.7. The number of allylic oxidation sites excluding steroid dienone is 3. The summed E-state index contributed by atoms with van der Waals surface area (Å²) < 4.78 is 0. The summed E-state index contributed by atoms with van der Waals surface area (Å²) >= 11 is 0. The number of hydrogen-bond donors (Lipinski definition) is 3. The van der Waals surface area contributed by atoms with Gasteiger partial charge in [0.15, 0.2) is 5.60 Å². The summed E-state index contributed by atoms with van der Waals surface area (Å²) in [6, 6.07) is 12.8. The van der Waals surface area contributed by atoms with Gasteiger partial charge in [0.25, 0.3) is 11.8 Å². The Morgan fingerprint density at radius 1 is 1.09 bits per heavy atom. The van der Waals surface area contributed by atoms with Gasteiger partial charge in [-0.2, -0.15) is 0 Å². The van der Waals surface area contributed by atoms with Gasteiger partial charge in [-0.25, -0.2) is 4.98 Å². The molecule has 4 N–H and O–H groups in total. The van der Waals surface area contributed by atoms with Crippen LogP contribution in [0, 0.1) is 0 Å². The van der Waals surface area contributed by atoms with Crippen molar-refractivity contribution in [3.63, 3.8) is 0 Å². The largest absolute Gasteiger partial charge is 0.397 e. The predicted molar refractivity (Wildman–Crippen MR) is 129 cm³/mol. The molecule has 3 heterocycles. The molecule has 0 saturated carbocycles. The fourth-order valence-electron chi connectivity index (χ4n) is 4.36. The lowest BCUT2D eigenvalue weighted by molar-refractivity contribution is -0.110. The number of nitrogens with zero attached hydrogens (tertiary/aromatic N) is 3. The zero-order chi connectivity index (χ0) is 23.5. The molecule has 9 heteroatoms. The maximum atomic E-state index is 12.6. The van der Waals surface area contributed by atoms with Crippen LogP contribution in [0.4, 0.5) is 11.5 Å². The highest BCUT2D eigenvalue weighted by Crippen LogP contribution is 2.35. The first kappa shape index (κ1) is 21.7. The van der Waals surface area contributed by atoms with Crippen LogP contribution in [-0.4, -0.2) is 41.2 Å². The second kappa shape index (κ2) is 9.01. The topological polar surface area (TPSA) is 122 Å². The number of amides is 2. The van der Waals surface area contributed by atoms with E-state index in [1.807, 2.05) is 48.6 Å². The van der Waals surface area contributed by atoms with Crippen molar-refractivity contribution in [3.8, 4) is 0 Å². The number of anilines is 2. The molecule has 1 atom stereocenters. The van der Waals surface area contributed by atoms with E-state index < -0.39 is 5.60 Å². The lowest BCUT2D eigenvalue weighted by Crippen LogP contribution is -2.35. The Labute approximate surface area is 197 Å². The fourth-order valence-corrected chi connectivity index (χ4v) is 4.36. The van der Waals surface area contributed by atoms with Gasteiger partial charge in [0.1, 0.15) is 11.5 Å². The number of oxime groups is 1. The number of aromatic nitrogens is 1. The first-order chi connectivity index (χ1) is 16.5. The average Bonchev–Trinajstić information content (AvgIpc) is 3.48. The smallest absolute Gasteiger partial charge is 0.273 e. The number of carbonyl (C=O) groups excluding carboxylic acids is 2. The van der Waals surface area contributed by atoms with Crippen molar-refractivity contribution in [2.45, 2.75) is 31.3 Å². The van der Waals surface area contributed by atoms with Gasteiger partial charge in [0, 0.05) is 37.0 Å². The van der Waals surface area contributed by atoms with Gasteiger partial charge < -0.3 is 26.1 Å². The molecule has 34 heavy (non-hydrogen) atoms. The van der Waals surface area contributed by atoms with Crippen LogP contribution in [-0.2, 0) is 9.63 Å². The van der Waals surface area contributed by atoms with Crippen molar-refractivity contribution in [2.75, 3.05) is 23.3 Å². The summed E-state index contributed by atoms with van der Waals surface area (Å²) in [5.41, 5.74) is 8.30. The molecule has 3 aliphatic rings. The third kappa shape index (κ3) is 4.50. The number of nitrogens with one attached hydrogen (secondary N) is 2. The number of rotatable bonds is 5. The molecule has 1 aromatic carbocycles. The SMILES string of the molecule is NC1=C(NC(=O)c2ccc(N3CCC4(CC(C(=O)Nc5ccccc5)=NO4)C3)nc2)CCC=C1. The van der Waals surface area contributed by atoms with Crippen molar-refractivity contribution in [2.24, 2.45) is 10.9 Å². The maximum absolute atomic E-state index is 12.6. The molecule has 2 aliphatic heterocycles. The molecule has 1 aromatic heterocycles. The third-order valence-electron chi connectivity index (χ3n) is 6.25. The van der Waals surface area contributed by atoms with Gasteiger partial charge in [-0.1, -0.05) is 29.4 Å². The van der Waals surface area contributed by atoms with Crippen LogP contribution in [0.2, 0.25) is 0 Å². The molecule has 0 bridgehead atoms. The zero-order valence-electron chi connectivity index (χ0n) is 18.7. The van der Waals surface area contributed by atoms with Gasteiger partial charge in [0.2, 0.25) is 0 Å². The second-order valence-electron chi connectivity index (χ2n) is 8.71. The summed E-state index contributed by atoms with van der Waals surface area (Å²) in [6.07, 6.45) is 8.10. The summed E-state index contributed by atoms with van der Waals surface area (Å²) in [5, 5.41) is 9.82. The van der Waals surface area contributed by atoms with Gasteiger partial charge in [0.05, 0.1) is 17.8 Å². The minimum Gasteiger partial charge on any atom is -0.397 e. The van der Waals surface area contributed by atoms with Crippen LogP contribution in [0.5, 0.6) is 0 Å². The molecular weight excluding hydrogens is 432 g/mol. The second-order valence-corrected chi connectivity index (χ2v) is 8.71. The molecule has 0 radical (unpaired) electrons. The Bertz CT molecular complexity index is 1190. The number of pyridine rings is 1. The molecule has 1 saturated heterocycles. The zero-order valence-corrected chi connectivity index (χ0v) is 18.7. The van der Waals surface area contributed by atoms with E-state index in [2.05, 4.69) is 25.7 Å². The number of carbonyl (C=O) groups is 2. The lowest BCUT2D eigenvalue weighted by atomic mass is 9.96. The molecule has 1 spiro atoms. The summed E-state index contributed by atoms with van der Waals surface area (Å²) in [4.78, 5) is 37.5. The van der Waals surface area contributed by atoms with Crippen molar-refractivity contribution in [1.82, 2.24) is 10.3 Å². The van der Waals surface area contributed by atoms with E-state index in [1.54, 1.807) is 12.3 Å². The summed E-state index contributed by atoms with van der Waals surface area (Å²) in [5.74, 6) is 0.268. The molecule has 2 aromatic rings.